The number of benzene rings is 2. The molecule has 1 saturated carbocycles. The summed E-state index contributed by atoms with van der Waals surface area (Å²) in [5.74, 6) is 0.395. The molecule has 5 nitrogen and oxygen atoms in total. The molecule has 0 atom stereocenters. The molecule has 0 saturated heterocycles. The Bertz CT molecular complexity index is 1170. The Morgan fingerprint density at radius 1 is 0.895 bits per heavy atom. The number of amides is 2. The van der Waals surface area contributed by atoms with E-state index in [9.17, 15) is 14.0 Å². The van der Waals surface area contributed by atoms with Crippen LogP contribution in [-0.4, -0.2) is 38.8 Å². The van der Waals surface area contributed by atoms with Crippen molar-refractivity contribution in [2.45, 2.75) is 78.0 Å². The molecule has 6 heteroatoms. The molecule has 0 spiro atoms. The Balaban J connectivity index is 1.48. The number of aromatic nitrogens is 1. The van der Waals surface area contributed by atoms with Crippen LogP contribution in [0, 0.1) is 11.7 Å². The van der Waals surface area contributed by atoms with Crippen LogP contribution in [-0.2, 0) is 29.2 Å². The van der Waals surface area contributed by atoms with Crippen LogP contribution in [0.15, 0.2) is 72.9 Å². The van der Waals surface area contributed by atoms with E-state index in [1.54, 1.807) is 17.0 Å². The molecule has 0 bridgehead atoms. The van der Waals surface area contributed by atoms with E-state index in [2.05, 4.69) is 4.57 Å². The van der Waals surface area contributed by atoms with Gasteiger partial charge >= 0.3 is 0 Å². The van der Waals surface area contributed by atoms with Gasteiger partial charge < -0.3 is 14.4 Å². The van der Waals surface area contributed by atoms with Crippen LogP contribution in [0.4, 0.5) is 4.39 Å². The highest BCUT2D eigenvalue weighted by Crippen LogP contribution is 2.29. The first-order chi connectivity index (χ1) is 18.4. The average Bonchev–Trinajstić information content (AvgIpc) is 3.59. The van der Waals surface area contributed by atoms with Crippen LogP contribution in [0.3, 0.4) is 0 Å². The lowest BCUT2D eigenvalue weighted by Gasteiger charge is -2.31. The van der Waals surface area contributed by atoms with E-state index < -0.39 is 0 Å². The minimum atomic E-state index is -0.256. The van der Waals surface area contributed by atoms with Crippen molar-refractivity contribution in [1.82, 2.24) is 14.4 Å². The molecule has 2 amide bonds. The van der Waals surface area contributed by atoms with Gasteiger partial charge in [-0.05, 0) is 61.6 Å². The second kappa shape index (κ2) is 13.4. The minimum Gasteiger partial charge on any atom is -0.345 e. The first kappa shape index (κ1) is 27.6. The lowest BCUT2D eigenvalue weighted by Crippen LogP contribution is -2.45. The van der Waals surface area contributed by atoms with E-state index in [0.717, 1.165) is 23.2 Å². The SMILES string of the molecule is CC(C)N(CC(=O)N(Cc1ccccc1)Cc1cccn1Cc1ccc(F)cc1)C(=O)CCC1CCCC1. The highest BCUT2D eigenvalue weighted by atomic mass is 19.1. The summed E-state index contributed by atoms with van der Waals surface area (Å²) in [6.07, 6.45) is 8.38. The summed E-state index contributed by atoms with van der Waals surface area (Å²) in [7, 11) is 0. The van der Waals surface area contributed by atoms with Gasteiger partial charge in [0.25, 0.3) is 0 Å². The molecule has 1 heterocycles. The maximum absolute atomic E-state index is 13.7. The number of rotatable bonds is 12. The predicted molar refractivity (Wildman–Crippen MR) is 149 cm³/mol. The molecule has 1 fully saturated rings. The topological polar surface area (TPSA) is 45.6 Å². The van der Waals surface area contributed by atoms with Crippen LogP contribution in [0.1, 0.15) is 69.2 Å². The minimum absolute atomic E-state index is 0.0454. The molecule has 1 aliphatic carbocycles. The first-order valence-corrected chi connectivity index (χ1v) is 13.9. The van der Waals surface area contributed by atoms with Gasteiger partial charge in [-0.15, -0.1) is 0 Å². The Kier molecular flexibility index (Phi) is 9.74. The Morgan fingerprint density at radius 3 is 2.29 bits per heavy atom. The van der Waals surface area contributed by atoms with Crippen LogP contribution in [0.2, 0.25) is 0 Å². The zero-order chi connectivity index (χ0) is 26.9. The lowest BCUT2D eigenvalue weighted by molar-refractivity contribution is -0.143. The quantitative estimate of drug-likeness (QED) is 0.279. The van der Waals surface area contributed by atoms with E-state index in [-0.39, 0.29) is 30.2 Å². The number of nitrogens with zero attached hydrogens (tertiary/aromatic N) is 3. The summed E-state index contributed by atoms with van der Waals surface area (Å²) in [6, 6.07) is 20.4. The van der Waals surface area contributed by atoms with Crippen LogP contribution < -0.4 is 0 Å². The van der Waals surface area contributed by atoms with E-state index in [1.807, 2.05) is 67.4 Å². The highest BCUT2D eigenvalue weighted by Gasteiger charge is 2.25. The van der Waals surface area contributed by atoms with Crippen molar-refractivity contribution >= 4 is 11.8 Å². The number of hydrogen-bond acceptors (Lipinski definition) is 2. The Hall–Kier alpha value is -3.41. The third-order valence-electron chi connectivity index (χ3n) is 7.60. The zero-order valence-electron chi connectivity index (χ0n) is 22.7. The van der Waals surface area contributed by atoms with Gasteiger partial charge in [-0.2, -0.15) is 0 Å². The summed E-state index contributed by atoms with van der Waals surface area (Å²) >= 11 is 0. The van der Waals surface area contributed by atoms with Gasteiger partial charge in [0.1, 0.15) is 5.82 Å². The number of halogens is 1. The zero-order valence-corrected chi connectivity index (χ0v) is 22.7. The molecule has 0 unspecified atom stereocenters. The molecular formula is C32H40FN3O2. The van der Waals surface area contributed by atoms with Crippen LogP contribution in [0.5, 0.6) is 0 Å². The van der Waals surface area contributed by atoms with Crippen molar-refractivity contribution in [2.75, 3.05) is 6.54 Å². The summed E-state index contributed by atoms with van der Waals surface area (Å²) in [4.78, 5) is 30.5. The van der Waals surface area contributed by atoms with Crippen LogP contribution >= 0.6 is 0 Å². The Labute approximate surface area is 226 Å². The van der Waals surface area contributed by atoms with Gasteiger partial charge in [-0.1, -0.05) is 68.1 Å². The van der Waals surface area contributed by atoms with Gasteiger partial charge in [0.2, 0.25) is 11.8 Å². The van der Waals surface area contributed by atoms with Crippen molar-refractivity contribution < 1.29 is 14.0 Å². The standard InChI is InChI=1S/C32H40FN3O2/c1-25(2)36(31(37)19-16-26-9-6-7-10-26)24-32(38)35(22-27-11-4-3-5-12-27)23-30-13-8-20-34(30)21-28-14-17-29(33)18-15-28/h3-5,8,11-15,17-18,20,25-26H,6-7,9-10,16,19,21-24H2,1-2H3. The Morgan fingerprint density at radius 2 is 1.61 bits per heavy atom. The summed E-state index contributed by atoms with van der Waals surface area (Å²) in [5.41, 5.74) is 3.02. The molecule has 0 aliphatic heterocycles. The van der Waals surface area contributed by atoms with Gasteiger partial charge in [0.15, 0.2) is 0 Å². The van der Waals surface area contributed by atoms with Crippen molar-refractivity contribution in [3.63, 3.8) is 0 Å². The number of carbonyl (C=O) groups excluding carboxylic acids is 2. The second-order valence-electron chi connectivity index (χ2n) is 10.8. The van der Waals surface area contributed by atoms with Crippen molar-refractivity contribution in [3.8, 4) is 0 Å². The maximum atomic E-state index is 13.7. The summed E-state index contributed by atoms with van der Waals surface area (Å²) in [5, 5.41) is 0. The lowest BCUT2D eigenvalue weighted by atomic mass is 10.0. The summed E-state index contributed by atoms with van der Waals surface area (Å²) in [6.45, 7) is 5.51. The van der Waals surface area contributed by atoms with Crippen LogP contribution in [0.25, 0.3) is 0 Å². The molecule has 4 rings (SSSR count). The number of hydrogen-bond donors (Lipinski definition) is 0. The molecule has 0 N–H and O–H groups in total. The molecule has 0 radical (unpaired) electrons. The van der Waals surface area contributed by atoms with E-state index in [4.69, 9.17) is 0 Å². The molecule has 2 aromatic carbocycles. The van der Waals surface area contributed by atoms with Crippen molar-refractivity contribution in [2.24, 2.45) is 5.92 Å². The fraction of sp³-hybridized carbons (Fsp3) is 0.438. The molecular weight excluding hydrogens is 477 g/mol. The van der Waals surface area contributed by atoms with E-state index >= 15 is 0 Å². The number of carbonyl (C=O) groups is 2. The summed E-state index contributed by atoms with van der Waals surface area (Å²) < 4.78 is 15.5. The van der Waals surface area contributed by atoms with Gasteiger partial charge in [-0.25, -0.2) is 4.39 Å². The highest BCUT2D eigenvalue weighted by molar-refractivity contribution is 5.85. The first-order valence-electron chi connectivity index (χ1n) is 13.9. The fourth-order valence-electron chi connectivity index (χ4n) is 5.34. The monoisotopic (exact) mass is 517 g/mol. The second-order valence-corrected chi connectivity index (χ2v) is 10.8. The van der Waals surface area contributed by atoms with Gasteiger partial charge in [-0.3, -0.25) is 9.59 Å². The third-order valence-corrected chi connectivity index (χ3v) is 7.60. The van der Waals surface area contributed by atoms with E-state index in [0.29, 0.717) is 32.0 Å². The predicted octanol–water partition coefficient (Wildman–Crippen LogP) is 6.41. The van der Waals surface area contributed by atoms with Gasteiger partial charge in [0.05, 0.1) is 13.1 Å². The fourth-order valence-corrected chi connectivity index (χ4v) is 5.34. The van der Waals surface area contributed by atoms with Gasteiger partial charge in [0, 0.05) is 37.4 Å². The average molecular weight is 518 g/mol. The molecule has 1 aromatic heterocycles. The largest absolute Gasteiger partial charge is 0.345 e. The molecule has 202 valence electrons. The normalized spacial score (nSPS) is 13.7. The van der Waals surface area contributed by atoms with Crippen molar-refractivity contribution in [3.05, 3.63) is 95.6 Å². The molecule has 38 heavy (non-hydrogen) atoms. The van der Waals surface area contributed by atoms with E-state index in [1.165, 1.54) is 37.8 Å². The molecule has 3 aromatic rings. The smallest absolute Gasteiger partial charge is 0.242 e. The van der Waals surface area contributed by atoms with Crippen molar-refractivity contribution in [1.29, 1.82) is 0 Å². The third kappa shape index (κ3) is 7.80. The maximum Gasteiger partial charge on any atom is 0.242 e. The molecule has 1 aliphatic rings.